The summed E-state index contributed by atoms with van der Waals surface area (Å²) in [5, 5.41) is 4.19. The summed E-state index contributed by atoms with van der Waals surface area (Å²) < 4.78 is 1.42. The number of nitrogens with zero attached hydrogens (tertiary/aromatic N) is 6. The fraction of sp³-hybridized carbons (Fsp3) is 0.208. The molecule has 3 aromatic rings. The third-order valence-electron chi connectivity index (χ3n) is 5.86. The van der Waals surface area contributed by atoms with E-state index in [0.29, 0.717) is 16.5 Å². The number of carbonyl (C=O) groups is 5. The van der Waals surface area contributed by atoms with Gasteiger partial charge in [-0.05, 0) is 23.2 Å². The second kappa shape index (κ2) is 9.24. The van der Waals surface area contributed by atoms with Gasteiger partial charge in [0.05, 0.1) is 11.2 Å². The zero-order valence-electron chi connectivity index (χ0n) is 18.9. The average molecular weight is 472 g/mol. The van der Waals surface area contributed by atoms with Crippen LogP contribution in [-0.2, 0) is 20.8 Å². The summed E-state index contributed by atoms with van der Waals surface area (Å²) >= 11 is 0. The van der Waals surface area contributed by atoms with Gasteiger partial charge in [0.1, 0.15) is 12.6 Å². The maximum absolute atomic E-state index is 13.5. The Kier molecular flexibility index (Phi) is 6.18. The largest absolute Gasteiger partial charge is 0.287 e. The minimum atomic E-state index is -1.35. The fourth-order valence-electron chi connectivity index (χ4n) is 4.25. The van der Waals surface area contributed by atoms with E-state index in [4.69, 9.17) is 5.53 Å². The molecule has 1 atom stereocenters. The zero-order valence-corrected chi connectivity index (χ0v) is 18.9. The normalized spacial score (nSPS) is 15.8. The van der Waals surface area contributed by atoms with Crippen molar-refractivity contribution >= 4 is 46.1 Å². The average Bonchev–Trinajstić information content (AvgIpc) is 3.20. The number of azide groups is 1. The van der Waals surface area contributed by atoms with Crippen LogP contribution in [0.3, 0.4) is 0 Å². The summed E-state index contributed by atoms with van der Waals surface area (Å²) in [4.78, 5) is 68.6. The van der Waals surface area contributed by atoms with E-state index in [1.165, 1.54) is 29.7 Å². The van der Waals surface area contributed by atoms with E-state index < -0.39 is 36.2 Å². The first-order valence-electron chi connectivity index (χ1n) is 10.7. The molecule has 11 heteroatoms. The molecular formula is C24H20N6O5. The summed E-state index contributed by atoms with van der Waals surface area (Å²) in [6.45, 7) is 1.97. The van der Waals surface area contributed by atoms with E-state index >= 15 is 0 Å². The molecular weight excluding hydrogens is 452 g/mol. The molecule has 1 saturated heterocycles. The van der Waals surface area contributed by atoms with E-state index in [0.717, 1.165) is 16.7 Å². The maximum Gasteiger partial charge on any atom is 0.261 e. The molecule has 35 heavy (non-hydrogen) atoms. The van der Waals surface area contributed by atoms with Gasteiger partial charge in [0.2, 0.25) is 17.7 Å². The van der Waals surface area contributed by atoms with Crippen LogP contribution in [0.5, 0.6) is 0 Å². The van der Waals surface area contributed by atoms with Crippen LogP contribution in [0.25, 0.3) is 21.3 Å². The molecule has 4 amide bonds. The fourth-order valence-corrected chi connectivity index (χ4v) is 4.25. The lowest BCUT2D eigenvalue weighted by molar-refractivity contribution is -0.159. The lowest BCUT2D eigenvalue weighted by Crippen LogP contribution is -2.63. The summed E-state index contributed by atoms with van der Waals surface area (Å²) in [6.07, 6.45) is 1.44. The van der Waals surface area contributed by atoms with Crippen LogP contribution in [0.2, 0.25) is 0 Å². The molecule has 0 saturated carbocycles. The van der Waals surface area contributed by atoms with E-state index in [1.54, 1.807) is 36.5 Å². The van der Waals surface area contributed by atoms with Gasteiger partial charge in [-0.25, -0.2) is 0 Å². The number of piperazine rings is 1. The highest BCUT2D eigenvalue weighted by molar-refractivity contribution is 6.15. The van der Waals surface area contributed by atoms with Gasteiger partial charge >= 0.3 is 0 Å². The van der Waals surface area contributed by atoms with Crippen LogP contribution in [0.4, 0.5) is 5.69 Å². The SMILES string of the molecule is CC(=O)N1CC(=O)N(C(=O)c2ccccc2N=[N+]=[N-])[C@@H](Cc2cn(C(C)=O)c3ccccc23)C1=O. The molecule has 1 aliphatic heterocycles. The van der Waals surface area contributed by atoms with Gasteiger partial charge in [-0.3, -0.25) is 38.3 Å². The Morgan fingerprint density at radius 2 is 1.71 bits per heavy atom. The molecule has 0 bridgehead atoms. The summed E-state index contributed by atoms with van der Waals surface area (Å²) in [6, 6.07) is 11.6. The van der Waals surface area contributed by atoms with Crippen LogP contribution in [0, 0.1) is 0 Å². The molecule has 176 valence electrons. The first-order valence-corrected chi connectivity index (χ1v) is 10.7. The highest BCUT2D eigenvalue weighted by atomic mass is 16.2. The Morgan fingerprint density at radius 1 is 1.03 bits per heavy atom. The van der Waals surface area contributed by atoms with Gasteiger partial charge in [-0.2, -0.15) is 0 Å². The first kappa shape index (κ1) is 23.4. The number of imide groups is 2. The van der Waals surface area contributed by atoms with Crippen LogP contribution in [-0.4, -0.2) is 56.5 Å². The number of benzene rings is 2. The molecule has 2 aromatic carbocycles. The van der Waals surface area contributed by atoms with Crippen LogP contribution in [0.1, 0.15) is 34.6 Å². The van der Waals surface area contributed by atoms with Crippen molar-refractivity contribution in [1.82, 2.24) is 14.4 Å². The number of hydrogen-bond donors (Lipinski definition) is 0. The Hall–Kier alpha value is -4.76. The number of rotatable bonds is 4. The number of amides is 4. The Morgan fingerprint density at radius 3 is 2.40 bits per heavy atom. The molecule has 4 rings (SSSR count). The van der Waals surface area contributed by atoms with Crippen molar-refractivity contribution in [2.75, 3.05) is 6.54 Å². The van der Waals surface area contributed by atoms with E-state index in [1.807, 2.05) is 0 Å². The van der Waals surface area contributed by atoms with Gasteiger partial charge in [0.25, 0.3) is 11.8 Å². The smallest absolute Gasteiger partial charge is 0.261 e. The van der Waals surface area contributed by atoms with Crippen molar-refractivity contribution in [3.8, 4) is 0 Å². The lowest BCUT2D eigenvalue weighted by atomic mass is 9.99. The number of carbonyl (C=O) groups excluding carboxylic acids is 5. The third-order valence-corrected chi connectivity index (χ3v) is 5.86. The lowest BCUT2D eigenvalue weighted by Gasteiger charge is -2.38. The highest BCUT2D eigenvalue weighted by Crippen LogP contribution is 2.28. The second-order valence-electron chi connectivity index (χ2n) is 8.00. The summed E-state index contributed by atoms with van der Waals surface area (Å²) in [5.41, 5.74) is 9.96. The summed E-state index contributed by atoms with van der Waals surface area (Å²) in [7, 11) is 0. The van der Waals surface area contributed by atoms with E-state index in [2.05, 4.69) is 10.0 Å². The predicted molar refractivity (Wildman–Crippen MR) is 125 cm³/mol. The van der Waals surface area contributed by atoms with Gasteiger partial charge in [-0.15, -0.1) is 0 Å². The van der Waals surface area contributed by atoms with Crippen LogP contribution in [0.15, 0.2) is 59.8 Å². The standard InChI is InChI=1S/C24H20N6O5/c1-14(31)28-12-16(17-7-4-6-10-20(17)28)11-21-24(35)29(15(2)32)13-22(33)30(21)23(34)18-8-3-5-9-19(18)26-27-25/h3-10,12,21H,11,13H2,1-2H3/t21-/m0/s1. The molecule has 11 nitrogen and oxygen atoms in total. The summed E-state index contributed by atoms with van der Waals surface area (Å²) in [5.74, 6) is -3.16. The number of fused-ring (bicyclic) bond motifs is 1. The maximum atomic E-state index is 13.5. The Balaban J connectivity index is 1.83. The third kappa shape index (κ3) is 4.16. The second-order valence-corrected chi connectivity index (χ2v) is 8.00. The monoisotopic (exact) mass is 472 g/mol. The molecule has 0 unspecified atom stereocenters. The minimum Gasteiger partial charge on any atom is -0.287 e. The van der Waals surface area contributed by atoms with Crippen molar-refractivity contribution in [2.24, 2.45) is 5.11 Å². The molecule has 1 aromatic heterocycles. The molecule has 0 spiro atoms. The van der Waals surface area contributed by atoms with Crippen LogP contribution < -0.4 is 0 Å². The van der Waals surface area contributed by atoms with Crippen molar-refractivity contribution < 1.29 is 24.0 Å². The first-order chi connectivity index (χ1) is 16.7. The highest BCUT2D eigenvalue weighted by Gasteiger charge is 2.45. The predicted octanol–water partition coefficient (Wildman–Crippen LogP) is 3.21. The molecule has 0 aliphatic carbocycles. The van der Waals surface area contributed by atoms with E-state index in [9.17, 15) is 24.0 Å². The molecule has 1 fully saturated rings. The van der Waals surface area contributed by atoms with Crippen molar-refractivity contribution in [3.63, 3.8) is 0 Å². The number of para-hydroxylation sites is 1. The van der Waals surface area contributed by atoms with Gasteiger partial charge < -0.3 is 0 Å². The zero-order chi connectivity index (χ0) is 25.3. The quantitative estimate of drug-likeness (QED) is 0.248. The van der Waals surface area contributed by atoms with Crippen molar-refractivity contribution in [3.05, 3.63) is 76.3 Å². The van der Waals surface area contributed by atoms with Crippen molar-refractivity contribution in [1.29, 1.82) is 0 Å². The molecule has 0 N–H and O–H groups in total. The van der Waals surface area contributed by atoms with Gasteiger partial charge in [0.15, 0.2) is 0 Å². The van der Waals surface area contributed by atoms with Crippen LogP contribution >= 0.6 is 0 Å². The van der Waals surface area contributed by atoms with Gasteiger partial charge in [0, 0.05) is 42.3 Å². The van der Waals surface area contributed by atoms with Gasteiger partial charge in [-0.1, -0.05) is 41.5 Å². The van der Waals surface area contributed by atoms with Crippen molar-refractivity contribution in [2.45, 2.75) is 26.3 Å². The topological polar surface area (TPSA) is 146 Å². The molecule has 2 heterocycles. The minimum absolute atomic E-state index is 0.00109. The molecule has 0 radical (unpaired) electrons. The number of hydrogen-bond acceptors (Lipinski definition) is 6. The number of aromatic nitrogens is 1. The van der Waals surface area contributed by atoms with E-state index in [-0.39, 0.29) is 23.6 Å². The Bertz CT molecular complexity index is 1450. The Labute approximate surface area is 199 Å². The molecule has 1 aliphatic rings.